The Morgan fingerprint density at radius 1 is 0.833 bits per heavy atom. The third kappa shape index (κ3) is 4.99. The summed E-state index contributed by atoms with van der Waals surface area (Å²) in [5.41, 5.74) is 7.43. The Morgan fingerprint density at radius 2 is 1.57 bits per heavy atom. The zero-order valence-electron chi connectivity index (χ0n) is 20.0. The minimum Gasteiger partial charge on any atom is -0.379 e. The maximum absolute atomic E-state index is 6.08. The Bertz CT molecular complexity index is 804. The van der Waals surface area contributed by atoms with Crippen molar-refractivity contribution in [2.75, 3.05) is 7.11 Å². The molecule has 1 nitrogen and oxygen atoms in total. The Labute approximate surface area is 185 Å². The quantitative estimate of drug-likeness (QED) is 0.274. The Morgan fingerprint density at radius 3 is 2.30 bits per heavy atom. The molecule has 3 rings (SSSR count). The molecule has 1 heteroatoms. The smallest absolute Gasteiger partial charge is 0.0656 e. The normalized spacial score (nSPS) is 15.0. The molecule has 0 aromatic heterocycles. The van der Waals surface area contributed by atoms with Crippen LogP contribution in [-0.4, -0.2) is 12.7 Å². The summed E-state index contributed by atoms with van der Waals surface area (Å²) in [5, 5.41) is 0. The molecule has 0 spiro atoms. The molecule has 0 bridgehead atoms. The molecule has 0 aliphatic heterocycles. The third-order valence-corrected chi connectivity index (χ3v) is 7.41. The van der Waals surface area contributed by atoms with Gasteiger partial charge in [-0.25, -0.2) is 0 Å². The molecule has 0 fully saturated rings. The SMILES string of the molecule is CCCCCCCC(c1cccc2c1Cc1ccccc1-2)C(CCC)C(C)(C)OC. The number of methoxy groups -OCH3 is 1. The molecule has 2 unspecified atom stereocenters. The molecule has 0 heterocycles. The summed E-state index contributed by atoms with van der Waals surface area (Å²) in [4.78, 5) is 0. The first kappa shape index (κ1) is 23.1. The molecule has 164 valence electrons. The van der Waals surface area contributed by atoms with Crippen molar-refractivity contribution >= 4 is 0 Å². The molecule has 0 saturated heterocycles. The van der Waals surface area contributed by atoms with Gasteiger partial charge in [0.1, 0.15) is 0 Å². The summed E-state index contributed by atoms with van der Waals surface area (Å²) in [5.74, 6) is 1.10. The van der Waals surface area contributed by atoms with E-state index in [4.69, 9.17) is 4.74 Å². The Kier molecular flexibility index (Phi) is 8.17. The van der Waals surface area contributed by atoms with Crippen molar-refractivity contribution in [2.24, 2.45) is 5.92 Å². The lowest BCUT2D eigenvalue weighted by Gasteiger charge is -2.40. The van der Waals surface area contributed by atoms with Gasteiger partial charge in [0.15, 0.2) is 0 Å². The highest BCUT2D eigenvalue weighted by Gasteiger charge is 2.37. The fourth-order valence-electron chi connectivity index (χ4n) is 5.57. The number of ether oxygens (including phenoxy) is 1. The van der Waals surface area contributed by atoms with Gasteiger partial charge in [0, 0.05) is 7.11 Å². The zero-order valence-corrected chi connectivity index (χ0v) is 20.0. The monoisotopic (exact) mass is 406 g/mol. The second-order valence-corrected chi connectivity index (χ2v) is 9.72. The number of hydrogen-bond acceptors (Lipinski definition) is 1. The molecule has 1 aliphatic carbocycles. The molecule has 2 aromatic rings. The van der Waals surface area contributed by atoms with Gasteiger partial charge in [-0.05, 0) is 72.8 Å². The molecular formula is C29H42O. The van der Waals surface area contributed by atoms with E-state index in [1.165, 1.54) is 68.1 Å². The summed E-state index contributed by atoms with van der Waals surface area (Å²) < 4.78 is 6.08. The van der Waals surface area contributed by atoms with Crippen molar-refractivity contribution < 1.29 is 4.74 Å². The van der Waals surface area contributed by atoms with Crippen LogP contribution in [0.1, 0.15) is 102 Å². The number of unbranched alkanes of at least 4 members (excludes halogenated alkanes) is 4. The van der Waals surface area contributed by atoms with E-state index in [-0.39, 0.29) is 5.60 Å². The molecule has 1 aliphatic rings. The molecule has 0 radical (unpaired) electrons. The van der Waals surface area contributed by atoms with Crippen LogP contribution >= 0.6 is 0 Å². The fourth-order valence-corrected chi connectivity index (χ4v) is 5.57. The largest absolute Gasteiger partial charge is 0.379 e. The topological polar surface area (TPSA) is 9.23 Å². The third-order valence-electron chi connectivity index (χ3n) is 7.41. The van der Waals surface area contributed by atoms with Crippen LogP contribution in [0.3, 0.4) is 0 Å². The van der Waals surface area contributed by atoms with Crippen LogP contribution < -0.4 is 0 Å². The molecule has 0 amide bonds. The second-order valence-electron chi connectivity index (χ2n) is 9.72. The molecule has 2 aromatic carbocycles. The lowest BCUT2D eigenvalue weighted by molar-refractivity contribution is -0.0421. The minimum atomic E-state index is -0.113. The summed E-state index contributed by atoms with van der Waals surface area (Å²) in [6.45, 7) is 9.22. The molecule has 0 saturated carbocycles. The maximum atomic E-state index is 6.08. The predicted molar refractivity (Wildman–Crippen MR) is 130 cm³/mol. The van der Waals surface area contributed by atoms with Crippen LogP contribution in [0.25, 0.3) is 11.1 Å². The average molecular weight is 407 g/mol. The van der Waals surface area contributed by atoms with Crippen LogP contribution in [0.5, 0.6) is 0 Å². The first-order valence-corrected chi connectivity index (χ1v) is 12.3. The standard InChI is InChI=1S/C29H42O/c1-6-8-9-10-11-18-26(28(15-7-2)29(3,4)30-5)25-20-14-19-24-23-17-13-12-16-22(23)21-27(24)25/h12-14,16-17,19-20,26,28H,6-11,15,18,21H2,1-5H3. The van der Waals surface area contributed by atoms with Crippen LogP contribution in [0.2, 0.25) is 0 Å². The summed E-state index contributed by atoms with van der Waals surface area (Å²) in [7, 11) is 1.90. The lowest BCUT2D eigenvalue weighted by atomic mass is 9.70. The van der Waals surface area contributed by atoms with Gasteiger partial charge < -0.3 is 4.74 Å². The maximum Gasteiger partial charge on any atom is 0.0656 e. The first-order chi connectivity index (χ1) is 14.5. The van der Waals surface area contributed by atoms with Crippen molar-refractivity contribution in [3.8, 4) is 11.1 Å². The van der Waals surface area contributed by atoms with Gasteiger partial charge >= 0.3 is 0 Å². The average Bonchev–Trinajstić information content (AvgIpc) is 3.14. The van der Waals surface area contributed by atoms with Gasteiger partial charge in [-0.3, -0.25) is 0 Å². The van der Waals surface area contributed by atoms with Crippen LogP contribution in [-0.2, 0) is 11.2 Å². The van der Waals surface area contributed by atoms with Crippen LogP contribution in [0.15, 0.2) is 42.5 Å². The highest BCUT2D eigenvalue weighted by Crippen LogP contribution is 2.46. The molecule has 30 heavy (non-hydrogen) atoms. The van der Waals surface area contributed by atoms with E-state index in [0.717, 1.165) is 6.42 Å². The van der Waals surface area contributed by atoms with Crippen molar-refractivity contribution in [3.63, 3.8) is 0 Å². The highest BCUT2D eigenvalue weighted by molar-refractivity contribution is 5.78. The number of benzene rings is 2. The van der Waals surface area contributed by atoms with Crippen molar-refractivity contribution in [2.45, 2.75) is 97.0 Å². The van der Waals surface area contributed by atoms with Crippen molar-refractivity contribution in [1.82, 2.24) is 0 Å². The van der Waals surface area contributed by atoms with E-state index in [9.17, 15) is 0 Å². The van der Waals surface area contributed by atoms with E-state index in [0.29, 0.717) is 11.8 Å². The van der Waals surface area contributed by atoms with Gasteiger partial charge in [0.25, 0.3) is 0 Å². The molecule has 2 atom stereocenters. The second kappa shape index (κ2) is 10.6. The number of rotatable bonds is 12. The van der Waals surface area contributed by atoms with Crippen LogP contribution in [0, 0.1) is 5.92 Å². The first-order valence-electron chi connectivity index (χ1n) is 12.3. The highest BCUT2D eigenvalue weighted by atomic mass is 16.5. The summed E-state index contributed by atoms with van der Waals surface area (Å²) in [6.07, 6.45) is 11.5. The zero-order chi connectivity index (χ0) is 21.6. The summed E-state index contributed by atoms with van der Waals surface area (Å²) >= 11 is 0. The van der Waals surface area contributed by atoms with Gasteiger partial charge in [0.05, 0.1) is 5.60 Å². The van der Waals surface area contributed by atoms with Gasteiger partial charge in [-0.1, -0.05) is 94.8 Å². The lowest BCUT2D eigenvalue weighted by Crippen LogP contribution is -2.37. The predicted octanol–water partition coefficient (Wildman–Crippen LogP) is 8.54. The number of hydrogen-bond donors (Lipinski definition) is 0. The van der Waals surface area contributed by atoms with E-state index >= 15 is 0 Å². The molecular weight excluding hydrogens is 364 g/mol. The van der Waals surface area contributed by atoms with Gasteiger partial charge in [-0.2, -0.15) is 0 Å². The fraction of sp³-hybridized carbons (Fsp3) is 0.586. The minimum absolute atomic E-state index is 0.113. The van der Waals surface area contributed by atoms with Gasteiger partial charge in [-0.15, -0.1) is 0 Å². The summed E-state index contributed by atoms with van der Waals surface area (Å²) in [6, 6.07) is 16.0. The van der Waals surface area contributed by atoms with Crippen molar-refractivity contribution in [3.05, 3.63) is 59.2 Å². The number of fused-ring (bicyclic) bond motifs is 3. The van der Waals surface area contributed by atoms with Crippen LogP contribution in [0.4, 0.5) is 0 Å². The van der Waals surface area contributed by atoms with Gasteiger partial charge in [0.2, 0.25) is 0 Å². The Hall–Kier alpha value is -1.60. The Balaban J connectivity index is 1.96. The van der Waals surface area contributed by atoms with E-state index in [1.807, 2.05) is 7.11 Å². The molecule has 0 N–H and O–H groups in total. The van der Waals surface area contributed by atoms with E-state index in [1.54, 1.807) is 11.1 Å². The van der Waals surface area contributed by atoms with E-state index < -0.39 is 0 Å². The van der Waals surface area contributed by atoms with E-state index in [2.05, 4.69) is 70.2 Å². The van der Waals surface area contributed by atoms with Crippen molar-refractivity contribution in [1.29, 1.82) is 0 Å².